The molecule has 1 saturated heterocycles. The number of rotatable bonds is 1. The fourth-order valence-electron chi connectivity index (χ4n) is 2.13. The molecule has 1 aromatic rings. The number of carbonyl (C=O) groups excluding carboxylic acids is 1. The maximum atomic E-state index is 12.1. The second-order valence-electron chi connectivity index (χ2n) is 4.56. The molecule has 3 nitrogen and oxygen atoms in total. The Kier molecular flexibility index (Phi) is 3.69. The van der Waals surface area contributed by atoms with E-state index >= 15 is 0 Å². The van der Waals surface area contributed by atoms with Crippen LogP contribution in [0.15, 0.2) is 16.7 Å². The van der Waals surface area contributed by atoms with Crippen molar-refractivity contribution in [1.82, 2.24) is 9.88 Å². The van der Waals surface area contributed by atoms with Crippen LogP contribution in [0.4, 0.5) is 0 Å². The lowest BCUT2D eigenvalue weighted by atomic mass is 10.0. The molecule has 1 aromatic heterocycles. The number of halogens is 1. The van der Waals surface area contributed by atoms with Gasteiger partial charge in [0.15, 0.2) is 0 Å². The van der Waals surface area contributed by atoms with Crippen LogP contribution < -0.4 is 0 Å². The van der Waals surface area contributed by atoms with E-state index < -0.39 is 0 Å². The summed E-state index contributed by atoms with van der Waals surface area (Å²) in [5.74, 6) is 0.868. The van der Waals surface area contributed by atoms with Gasteiger partial charge in [-0.2, -0.15) is 0 Å². The predicted octanol–water partition coefficient (Wildman–Crippen LogP) is 3.04. The van der Waals surface area contributed by atoms with Gasteiger partial charge in [-0.1, -0.05) is 6.92 Å². The van der Waals surface area contributed by atoms with Crippen molar-refractivity contribution in [2.75, 3.05) is 13.1 Å². The molecule has 2 rings (SSSR count). The van der Waals surface area contributed by atoms with Crippen molar-refractivity contribution < 1.29 is 4.79 Å². The van der Waals surface area contributed by atoms with Crippen LogP contribution in [0.2, 0.25) is 0 Å². The SMILES string of the molecule is C[C@@H]1CCCN(C(=O)c2cc(Br)c[nH]2)CC1. The third-order valence-corrected chi connectivity index (χ3v) is 3.64. The second-order valence-corrected chi connectivity index (χ2v) is 5.48. The molecule has 0 saturated carbocycles. The van der Waals surface area contributed by atoms with Gasteiger partial charge in [0.1, 0.15) is 5.69 Å². The lowest BCUT2D eigenvalue weighted by Gasteiger charge is -2.19. The summed E-state index contributed by atoms with van der Waals surface area (Å²) in [6.45, 7) is 4.04. The molecule has 0 radical (unpaired) electrons. The van der Waals surface area contributed by atoms with Crippen LogP contribution in [-0.4, -0.2) is 28.9 Å². The predicted molar refractivity (Wildman–Crippen MR) is 67.4 cm³/mol. The highest BCUT2D eigenvalue weighted by atomic mass is 79.9. The average Bonchev–Trinajstić information content (AvgIpc) is 2.57. The van der Waals surface area contributed by atoms with E-state index in [0.29, 0.717) is 5.69 Å². The minimum Gasteiger partial charge on any atom is -0.356 e. The van der Waals surface area contributed by atoms with Crippen LogP contribution in [0.25, 0.3) is 0 Å². The van der Waals surface area contributed by atoms with E-state index in [1.165, 1.54) is 6.42 Å². The summed E-state index contributed by atoms with van der Waals surface area (Å²) in [6, 6.07) is 1.84. The van der Waals surface area contributed by atoms with E-state index in [0.717, 1.165) is 36.3 Å². The second kappa shape index (κ2) is 5.04. The molecule has 0 aromatic carbocycles. The van der Waals surface area contributed by atoms with E-state index in [-0.39, 0.29) is 5.91 Å². The van der Waals surface area contributed by atoms with Crippen LogP contribution >= 0.6 is 15.9 Å². The van der Waals surface area contributed by atoms with Crippen molar-refractivity contribution in [3.63, 3.8) is 0 Å². The molecule has 0 spiro atoms. The zero-order valence-electron chi connectivity index (χ0n) is 9.50. The zero-order chi connectivity index (χ0) is 11.5. The average molecular weight is 285 g/mol. The Bertz CT molecular complexity index is 375. The molecule has 1 fully saturated rings. The third-order valence-electron chi connectivity index (χ3n) is 3.18. The molecular weight excluding hydrogens is 268 g/mol. The van der Waals surface area contributed by atoms with E-state index in [1.807, 2.05) is 11.0 Å². The summed E-state index contributed by atoms with van der Waals surface area (Å²) < 4.78 is 0.930. The summed E-state index contributed by atoms with van der Waals surface area (Å²) >= 11 is 3.35. The largest absolute Gasteiger partial charge is 0.356 e. The third kappa shape index (κ3) is 2.67. The summed E-state index contributed by atoms with van der Waals surface area (Å²) in [5.41, 5.74) is 0.682. The van der Waals surface area contributed by atoms with Crippen LogP contribution in [0, 0.1) is 5.92 Å². The monoisotopic (exact) mass is 284 g/mol. The first-order valence-corrected chi connectivity index (χ1v) is 6.59. The maximum Gasteiger partial charge on any atom is 0.270 e. The Morgan fingerprint density at radius 2 is 2.31 bits per heavy atom. The van der Waals surface area contributed by atoms with Crippen molar-refractivity contribution in [3.05, 3.63) is 22.4 Å². The van der Waals surface area contributed by atoms with Crippen LogP contribution in [0.1, 0.15) is 36.7 Å². The summed E-state index contributed by atoms with van der Waals surface area (Å²) in [5, 5.41) is 0. The van der Waals surface area contributed by atoms with E-state index in [2.05, 4.69) is 27.8 Å². The molecule has 88 valence electrons. The van der Waals surface area contributed by atoms with Crippen LogP contribution in [-0.2, 0) is 0 Å². The van der Waals surface area contributed by atoms with E-state index in [9.17, 15) is 4.79 Å². The van der Waals surface area contributed by atoms with Gasteiger partial charge in [0.25, 0.3) is 5.91 Å². The Morgan fingerprint density at radius 1 is 1.50 bits per heavy atom. The summed E-state index contributed by atoms with van der Waals surface area (Å²) in [7, 11) is 0. The van der Waals surface area contributed by atoms with Crippen LogP contribution in [0.5, 0.6) is 0 Å². The number of aromatic amines is 1. The highest BCUT2D eigenvalue weighted by Crippen LogP contribution is 2.19. The highest BCUT2D eigenvalue weighted by molar-refractivity contribution is 9.10. The molecule has 1 aliphatic heterocycles. The van der Waals surface area contributed by atoms with Crippen LogP contribution in [0.3, 0.4) is 0 Å². The number of carbonyl (C=O) groups is 1. The van der Waals surface area contributed by atoms with Gasteiger partial charge < -0.3 is 9.88 Å². The number of aromatic nitrogens is 1. The van der Waals surface area contributed by atoms with E-state index in [4.69, 9.17) is 0 Å². The Hall–Kier alpha value is -0.770. The van der Waals surface area contributed by atoms with E-state index in [1.54, 1.807) is 6.20 Å². The lowest BCUT2D eigenvalue weighted by molar-refractivity contribution is 0.0755. The molecule has 2 heterocycles. The number of nitrogens with one attached hydrogen (secondary N) is 1. The first-order valence-electron chi connectivity index (χ1n) is 5.80. The molecule has 1 aliphatic rings. The first kappa shape index (κ1) is 11.7. The Balaban J connectivity index is 2.04. The number of nitrogens with zero attached hydrogens (tertiary/aromatic N) is 1. The van der Waals surface area contributed by atoms with Gasteiger partial charge in [0.05, 0.1) is 0 Å². The number of likely N-dealkylation sites (tertiary alicyclic amines) is 1. The molecule has 16 heavy (non-hydrogen) atoms. The molecule has 0 unspecified atom stereocenters. The zero-order valence-corrected chi connectivity index (χ0v) is 11.1. The Morgan fingerprint density at radius 3 is 3.00 bits per heavy atom. The van der Waals surface area contributed by atoms with Gasteiger partial charge in [-0.15, -0.1) is 0 Å². The summed E-state index contributed by atoms with van der Waals surface area (Å²) in [4.78, 5) is 17.1. The van der Waals surface area contributed by atoms with Gasteiger partial charge in [0, 0.05) is 23.8 Å². The quantitative estimate of drug-likeness (QED) is 0.846. The van der Waals surface area contributed by atoms with Gasteiger partial charge in [-0.3, -0.25) is 4.79 Å². The number of amides is 1. The molecular formula is C12H17BrN2O. The summed E-state index contributed by atoms with van der Waals surface area (Å²) in [6.07, 6.45) is 5.27. The molecule has 1 amide bonds. The van der Waals surface area contributed by atoms with Crippen molar-refractivity contribution >= 4 is 21.8 Å². The lowest BCUT2D eigenvalue weighted by Crippen LogP contribution is -2.32. The first-order chi connectivity index (χ1) is 7.66. The maximum absolute atomic E-state index is 12.1. The normalized spacial score (nSPS) is 21.9. The number of hydrogen-bond donors (Lipinski definition) is 1. The number of H-pyrrole nitrogens is 1. The highest BCUT2D eigenvalue weighted by Gasteiger charge is 2.20. The van der Waals surface area contributed by atoms with Crippen molar-refractivity contribution in [1.29, 1.82) is 0 Å². The van der Waals surface area contributed by atoms with Crippen molar-refractivity contribution in [2.45, 2.75) is 26.2 Å². The molecule has 0 bridgehead atoms. The minimum atomic E-state index is 0.125. The van der Waals surface area contributed by atoms with Gasteiger partial charge in [-0.25, -0.2) is 0 Å². The fourth-order valence-corrected chi connectivity index (χ4v) is 2.47. The Labute approximate surface area is 104 Å². The topological polar surface area (TPSA) is 36.1 Å². The van der Waals surface area contributed by atoms with Crippen molar-refractivity contribution in [2.24, 2.45) is 5.92 Å². The number of hydrogen-bond acceptors (Lipinski definition) is 1. The van der Waals surface area contributed by atoms with Crippen molar-refractivity contribution in [3.8, 4) is 0 Å². The smallest absolute Gasteiger partial charge is 0.270 e. The molecule has 1 atom stereocenters. The minimum absolute atomic E-state index is 0.125. The van der Waals surface area contributed by atoms with Gasteiger partial charge in [-0.05, 0) is 47.2 Å². The standard InChI is InChI=1S/C12H17BrN2O/c1-9-3-2-5-15(6-4-9)12(16)11-7-10(13)8-14-11/h7-9,14H,2-6H2,1H3/t9-/m1/s1. The molecule has 4 heteroatoms. The molecule has 0 aliphatic carbocycles. The fraction of sp³-hybridized carbons (Fsp3) is 0.583. The van der Waals surface area contributed by atoms with Gasteiger partial charge >= 0.3 is 0 Å². The molecule has 1 N–H and O–H groups in total. The van der Waals surface area contributed by atoms with Gasteiger partial charge in [0.2, 0.25) is 0 Å².